The number of carbonyl (C=O) groups is 1. The van der Waals surface area contributed by atoms with Gasteiger partial charge in [0.2, 0.25) is 0 Å². The van der Waals surface area contributed by atoms with E-state index in [1.165, 1.54) is 6.92 Å². The van der Waals surface area contributed by atoms with Gasteiger partial charge in [0.05, 0.1) is 0 Å². The van der Waals surface area contributed by atoms with E-state index in [-0.39, 0.29) is 12.1 Å². The first-order valence-corrected chi connectivity index (χ1v) is 5.06. The van der Waals surface area contributed by atoms with Crippen molar-refractivity contribution in [1.82, 2.24) is 0 Å². The first kappa shape index (κ1) is 11.8. The van der Waals surface area contributed by atoms with E-state index in [1.54, 1.807) is 0 Å². The second-order valence-corrected chi connectivity index (χ2v) is 3.66. The summed E-state index contributed by atoms with van der Waals surface area (Å²) in [5, 5.41) is 0.709. The number of ether oxygens (including phenoxy) is 1. The fourth-order valence-electron chi connectivity index (χ4n) is 1.12. The van der Waals surface area contributed by atoms with E-state index >= 15 is 0 Å². The van der Waals surface area contributed by atoms with Crippen molar-refractivity contribution in [1.29, 1.82) is 0 Å². The lowest BCUT2D eigenvalue weighted by Crippen LogP contribution is -2.08. The Bertz CT molecular complexity index is 354. The minimum Gasteiger partial charge on any atom is -0.459 e. The molecule has 0 radical (unpaired) electrons. The number of rotatable bonds is 3. The zero-order valence-electron chi connectivity index (χ0n) is 8.74. The molecule has 80 valence electrons. The van der Waals surface area contributed by atoms with Crippen LogP contribution in [0.3, 0.4) is 0 Å². The van der Waals surface area contributed by atoms with E-state index in [2.05, 4.69) is 0 Å². The summed E-state index contributed by atoms with van der Waals surface area (Å²) in [7, 11) is 0. The topological polar surface area (TPSA) is 26.3 Å². The molecule has 0 bridgehead atoms. The highest BCUT2D eigenvalue weighted by Crippen LogP contribution is 2.11. The lowest BCUT2D eigenvalue weighted by atomic mass is 10.2. The molecule has 0 fully saturated rings. The smallest absolute Gasteiger partial charge is 0.303 e. The van der Waals surface area contributed by atoms with E-state index in [4.69, 9.17) is 16.3 Å². The number of hydrogen-bond donors (Lipinski definition) is 0. The van der Waals surface area contributed by atoms with Gasteiger partial charge < -0.3 is 4.74 Å². The quantitative estimate of drug-likeness (QED) is 0.737. The number of halogens is 1. The Morgan fingerprint density at radius 2 is 2.00 bits per heavy atom. The van der Waals surface area contributed by atoms with Crippen LogP contribution in [0.2, 0.25) is 5.02 Å². The average Bonchev–Trinajstić information content (AvgIpc) is 2.16. The predicted octanol–water partition coefficient (Wildman–Crippen LogP) is 3.30. The zero-order chi connectivity index (χ0) is 11.3. The molecule has 2 nitrogen and oxygen atoms in total. The predicted molar refractivity (Wildman–Crippen MR) is 61.7 cm³/mol. The van der Waals surface area contributed by atoms with Gasteiger partial charge in [-0.05, 0) is 30.7 Å². The Morgan fingerprint density at radius 3 is 2.53 bits per heavy atom. The van der Waals surface area contributed by atoms with Crippen molar-refractivity contribution >= 4 is 23.6 Å². The molecule has 0 unspecified atom stereocenters. The number of esters is 1. The van der Waals surface area contributed by atoms with Crippen molar-refractivity contribution in [2.24, 2.45) is 0 Å². The molecule has 0 aliphatic carbocycles. The maximum atomic E-state index is 10.6. The van der Waals surface area contributed by atoms with Crippen LogP contribution in [0.5, 0.6) is 0 Å². The Labute approximate surface area is 94.5 Å². The van der Waals surface area contributed by atoms with E-state index in [9.17, 15) is 4.79 Å². The van der Waals surface area contributed by atoms with Gasteiger partial charge in [-0.2, -0.15) is 0 Å². The SMILES string of the molecule is CC(=O)O[C@@H](C)/C=C/c1ccc(Cl)cc1. The van der Waals surface area contributed by atoms with Crippen molar-refractivity contribution < 1.29 is 9.53 Å². The van der Waals surface area contributed by atoms with Gasteiger partial charge >= 0.3 is 5.97 Å². The van der Waals surface area contributed by atoms with Crippen LogP contribution in [-0.4, -0.2) is 12.1 Å². The molecule has 1 rings (SSSR count). The first-order valence-electron chi connectivity index (χ1n) is 4.69. The molecule has 3 heteroatoms. The van der Waals surface area contributed by atoms with Gasteiger partial charge in [0, 0.05) is 11.9 Å². The van der Waals surface area contributed by atoms with Crippen LogP contribution in [-0.2, 0) is 9.53 Å². The molecule has 0 saturated heterocycles. The fraction of sp³-hybridized carbons (Fsp3) is 0.250. The van der Waals surface area contributed by atoms with Crippen molar-refractivity contribution in [2.75, 3.05) is 0 Å². The van der Waals surface area contributed by atoms with E-state index in [1.807, 2.05) is 43.3 Å². The highest BCUT2D eigenvalue weighted by Gasteiger charge is 1.99. The normalized spacial score (nSPS) is 12.7. The zero-order valence-corrected chi connectivity index (χ0v) is 9.49. The Morgan fingerprint density at radius 1 is 1.40 bits per heavy atom. The van der Waals surface area contributed by atoms with Crippen LogP contribution in [0.15, 0.2) is 30.3 Å². The highest BCUT2D eigenvalue weighted by atomic mass is 35.5. The van der Waals surface area contributed by atoms with Gasteiger partial charge in [0.25, 0.3) is 0 Å². The molecule has 1 aromatic carbocycles. The molecule has 0 aliphatic rings. The summed E-state index contributed by atoms with van der Waals surface area (Å²) < 4.78 is 4.94. The summed E-state index contributed by atoms with van der Waals surface area (Å²) in [6.07, 6.45) is 3.51. The maximum Gasteiger partial charge on any atom is 0.303 e. The monoisotopic (exact) mass is 224 g/mol. The van der Waals surface area contributed by atoms with Crippen molar-refractivity contribution in [3.05, 3.63) is 40.9 Å². The minimum atomic E-state index is -0.275. The highest BCUT2D eigenvalue weighted by molar-refractivity contribution is 6.30. The van der Waals surface area contributed by atoms with E-state index in [0.29, 0.717) is 5.02 Å². The van der Waals surface area contributed by atoms with Crippen LogP contribution in [0.25, 0.3) is 6.08 Å². The summed E-state index contributed by atoms with van der Waals surface area (Å²) >= 11 is 5.75. The van der Waals surface area contributed by atoms with Gasteiger partial charge in [-0.3, -0.25) is 4.79 Å². The lowest BCUT2D eigenvalue weighted by molar-refractivity contribution is -0.143. The van der Waals surface area contributed by atoms with Crippen LogP contribution in [0, 0.1) is 0 Å². The second kappa shape index (κ2) is 5.56. The van der Waals surface area contributed by atoms with Crippen molar-refractivity contribution in [3.63, 3.8) is 0 Å². The van der Waals surface area contributed by atoms with Crippen LogP contribution < -0.4 is 0 Å². The number of hydrogen-bond acceptors (Lipinski definition) is 2. The largest absolute Gasteiger partial charge is 0.459 e. The third-order valence-corrected chi connectivity index (χ3v) is 2.03. The van der Waals surface area contributed by atoms with Gasteiger partial charge in [-0.15, -0.1) is 0 Å². The minimum absolute atomic E-state index is 0.210. The first-order chi connectivity index (χ1) is 7.08. The molecule has 15 heavy (non-hydrogen) atoms. The number of benzene rings is 1. The third-order valence-electron chi connectivity index (χ3n) is 1.78. The van der Waals surface area contributed by atoms with Crippen LogP contribution in [0.1, 0.15) is 19.4 Å². The van der Waals surface area contributed by atoms with Gasteiger partial charge in [-0.25, -0.2) is 0 Å². The summed E-state index contributed by atoms with van der Waals surface area (Å²) in [6.45, 7) is 3.21. The molecule has 1 aromatic rings. The molecule has 1 atom stereocenters. The van der Waals surface area contributed by atoms with Crippen LogP contribution in [0.4, 0.5) is 0 Å². The third kappa shape index (κ3) is 4.66. The second-order valence-electron chi connectivity index (χ2n) is 3.23. The molecular formula is C12H13ClO2. The molecule has 0 heterocycles. The van der Waals surface area contributed by atoms with Gasteiger partial charge in [0.15, 0.2) is 0 Å². The van der Waals surface area contributed by atoms with E-state index < -0.39 is 0 Å². The standard InChI is InChI=1S/C12H13ClO2/c1-9(15-10(2)14)3-4-11-5-7-12(13)8-6-11/h3-9H,1-2H3/b4-3+/t9-/m0/s1. The summed E-state index contributed by atoms with van der Waals surface area (Å²) in [4.78, 5) is 10.6. The molecule has 0 aromatic heterocycles. The maximum absolute atomic E-state index is 10.6. The van der Waals surface area contributed by atoms with Gasteiger partial charge in [0.1, 0.15) is 6.10 Å². The van der Waals surface area contributed by atoms with Crippen molar-refractivity contribution in [3.8, 4) is 0 Å². The number of carbonyl (C=O) groups excluding carboxylic acids is 1. The molecule has 0 N–H and O–H groups in total. The molecule has 0 amide bonds. The molecule has 0 aliphatic heterocycles. The van der Waals surface area contributed by atoms with Crippen molar-refractivity contribution in [2.45, 2.75) is 20.0 Å². The Balaban J connectivity index is 2.57. The van der Waals surface area contributed by atoms with Crippen LogP contribution >= 0.6 is 11.6 Å². The fourth-order valence-corrected chi connectivity index (χ4v) is 1.25. The molecule has 0 saturated carbocycles. The molecular weight excluding hydrogens is 212 g/mol. The Hall–Kier alpha value is -1.28. The van der Waals surface area contributed by atoms with Gasteiger partial charge in [-0.1, -0.05) is 29.8 Å². The lowest BCUT2D eigenvalue weighted by Gasteiger charge is -2.05. The summed E-state index contributed by atoms with van der Waals surface area (Å²) in [5.41, 5.74) is 1.03. The molecule has 0 spiro atoms. The average molecular weight is 225 g/mol. The Kier molecular flexibility index (Phi) is 4.37. The van der Waals surface area contributed by atoms with E-state index in [0.717, 1.165) is 5.56 Å². The summed E-state index contributed by atoms with van der Waals surface area (Å²) in [5.74, 6) is -0.275. The summed E-state index contributed by atoms with van der Waals surface area (Å²) in [6, 6.07) is 7.44.